The number of nitrogen functional groups attached to an aromatic ring is 1. The Balaban J connectivity index is 2.50. The third kappa shape index (κ3) is 2.73. The Labute approximate surface area is 112 Å². The average Bonchev–Trinajstić information content (AvgIpc) is 2.31. The van der Waals surface area contributed by atoms with Gasteiger partial charge in [-0.1, -0.05) is 0 Å². The van der Waals surface area contributed by atoms with Crippen molar-refractivity contribution < 1.29 is 8.42 Å². The second-order valence-electron chi connectivity index (χ2n) is 4.31. The number of thioether (sulfide) groups is 1. The number of rotatable bonds is 2. The molecular formula is C11H17N3O2S2. The molecule has 0 aliphatic carbocycles. The number of primary sulfonamides is 1. The summed E-state index contributed by atoms with van der Waals surface area (Å²) < 4.78 is 23.1. The van der Waals surface area contributed by atoms with Gasteiger partial charge in [0.15, 0.2) is 0 Å². The average molecular weight is 287 g/mol. The van der Waals surface area contributed by atoms with Gasteiger partial charge in [-0.15, -0.1) is 0 Å². The fraction of sp³-hybridized carbons (Fsp3) is 0.455. The molecule has 0 unspecified atom stereocenters. The fourth-order valence-electron chi connectivity index (χ4n) is 2.12. The Bertz CT molecular complexity index is 552. The maximum absolute atomic E-state index is 11.5. The summed E-state index contributed by atoms with van der Waals surface area (Å²) >= 11 is 1.90. The van der Waals surface area contributed by atoms with E-state index >= 15 is 0 Å². The van der Waals surface area contributed by atoms with E-state index in [2.05, 4.69) is 4.90 Å². The third-order valence-electron chi connectivity index (χ3n) is 3.01. The molecule has 1 saturated heterocycles. The molecule has 0 saturated carbocycles. The van der Waals surface area contributed by atoms with E-state index in [4.69, 9.17) is 10.9 Å². The molecule has 0 aromatic heterocycles. The summed E-state index contributed by atoms with van der Waals surface area (Å²) in [6.45, 7) is 3.58. The number of hydrogen-bond acceptors (Lipinski definition) is 5. The smallest absolute Gasteiger partial charge is 0.238 e. The first kappa shape index (κ1) is 13.5. The Hall–Kier alpha value is -0.920. The standard InChI is InChI=1S/C11H17N3O2S2/c1-8-10(14-2-4-17-5-3-14)6-9(12)7-11(8)18(13,15)16/h6-7H,2-5,12H2,1H3,(H2,13,15,16). The molecule has 5 nitrogen and oxygen atoms in total. The summed E-state index contributed by atoms with van der Waals surface area (Å²) in [6, 6.07) is 3.24. The number of hydrogen-bond donors (Lipinski definition) is 2. The molecule has 1 aliphatic heterocycles. The van der Waals surface area contributed by atoms with Crippen molar-refractivity contribution in [3.63, 3.8) is 0 Å². The molecule has 1 fully saturated rings. The van der Waals surface area contributed by atoms with E-state index in [0.717, 1.165) is 30.3 Å². The molecule has 18 heavy (non-hydrogen) atoms. The van der Waals surface area contributed by atoms with E-state index in [1.165, 1.54) is 6.07 Å². The van der Waals surface area contributed by atoms with Crippen LogP contribution in [0.25, 0.3) is 0 Å². The van der Waals surface area contributed by atoms with E-state index in [9.17, 15) is 8.42 Å². The highest BCUT2D eigenvalue weighted by molar-refractivity contribution is 7.99. The molecule has 1 aromatic carbocycles. The zero-order chi connectivity index (χ0) is 13.3. The van der Waals surface area contributed by atoms with Gasteiger partial charge in [0.25, 0.3) is 0 Å². The molecule has 0 atom stereocenters. The molecule has 1 aromatic rings. The van der Waals surface area contributed by atoms with Crippen molar-refractivity contribution in [3.05, 3.63) is 17.7 Å². The van der Waals surface area contributed by atoms with Crippen molar-refractivity contribution in [2.75, 3.05) is 35.2 Å². The van der Waals surface area contributed by atoms with Gasteiger partial charge < -0.3 is 10.6 Å². The van der Waals surface area contributed by atoms with Gasteiger partial charge in [-0.3, -0.25) is 0 Å². The largest absolute Gasteiger partial charge is 0.399 e. The van der Waals surface area contributed by atoms with Crippen molar-refractivity contribution in [1.29, 1.82) is 0 Å². The van der Waals surface area contributed by atoms with Crippen molar-refractivity contribution in [2.24, 2.45) is 5.14 Å². The van der Waals surface area contributed by atoms with Crippen LogP contribution in [0, 0.1) is 6.92 Å². The summed E-state index contributed by atoms with van der Waals surface area (Å²) in [6.07, 6.45) is 0. The van der Waals surface area contributed by atoms with Crippen LogP contribution in [0.15, 0.2) is 17.0 Å². The van der Waals surface area contributed by atoms with Gasteiger partial charge in [-0.2, -0.15) is 11.8 Å². The minimum Gasteiger partial charge on any atom is -0.399 e. The van der Waals surface area contributed by atoms with E-state index in [1.54, 1.807) is 6.92 Å². The van der Waals surface area contributed by atoms with Crippen molar-refractivity contribution in [1.82, 2.24) is 0 Å². The van der Waals surface area contributed by atoms with Crippen LogP contribution in [-0.2, 0) is 10.0 Å². The first-order chi connectivity index (χ1) is 8.39. The lowest BCUT2D eigenvalue weighted by Gasteiger charge is -2.30. The topological polar surface area (TPSA) is 89.4 Å². The van der Waals surface area contributed by atoms with Crippen molar-refractivity contribution >= 4 is 33.2 Å². The van der Waals surface area contributed by atoms with Crippen LogP contribution in [-0.4, -0.2) is 33.0 Å². The highest BCUT2D eigenvalue weighted by Gasteiger charge is 2.20. The van der Waals surface area contributed by atoms with Crippen molar-refractivity contribution in [3.8, 4) is 0 Å². The minimum atomic E-state index is -3.73. The number of benzene rings is 1. The summed E-state index contributed by atoms with van der Waals surface area (Å²) in [7, 11) is -3.73. The van der Waals surface area contributed by atoms with Crippen LogP contribution in [0.4, 0.5) is 11.4 Å². The normalized spacial score (nSPS) is 16.9. The highest BCUT2D eigenvalue weighted by atomic mass is 32.2. The van der Waals surface area contributed by atoms with Crippen molar-refractivity contribution in [2.45, 2.75) is 11.8 Å². The Morgan fingerprint density at radius 2 is 1.89 bits per heavy atom. The van der Waals surface area contributed by atoms with Gasteiger partial charge in [-0.05, 0) is 24.6 Å². The van der Waals surface area contributed by atoms with E-state index in [0.29, 0.717) is 11.3 Å². The maximum atomic E-state index is 11.5. The number of nitrogens with two attached hydrogens (primary N) is 2. The monoisotopic (exact) mass is 287 g/mol. The molecule has 4 N–H and O–H groups in total. The molecule has 7 heteroatoms. The Morgan fingerprint density at radius 1 is 1.28 bits per heavy atom. The second kappa shape index (κ2) is 4.99. The predicted molar refractivity (Wildman–Crippen MR) is 76.5 cm³/mol. The quantitative estimate of drug-likeness (QED) is 0.785. The zero-order valence-corrected chi connectivity index (χ0v) is 11.9. The molecule has 1 heterocycles. The first-order valence-corrected chi connectivity index (χ1v) is 8.35. The molecule has 0 radical (unpaired) electrons. The Kier molecular flexibility index (Phi) is 3.74. The lowest BCUT2D eigenvalue weighted by Crippen LogP contribution is -2.33. The van der Waals surface area contributed by atoms with Crippen LogP contribution < -0.4 is 15.8 Å². The van der Waals surface area contributed by atoms with E-state index in [-0.39, 0.29) is 4.90 Å². The summed E-state index contributed by atoms with van der Waals surface area (Å²) in [5.74, 6) is 2.08. The van der Waals surface area contributed by atoms with E-state index in [1.807, 2.05) is 17.8 Å². The molecule has 2 rings (SSSR count). The lowest BCUT2D eigenvalue weighted by atomic mass is 10.1. The summed E-state index contributed by atoms with van der Waals surface area (Å²) in [5, 5.41) is 5.22. The fourth-order valence-corrected chi connectivity index (χ4v) is 3.86. The van der Waals surface area contributed by atoms with Gasteiger partial charge in [-0.25, -0.2) is 13.6 Å². The molecular weight excluding hydrogens is 270 g/mol. The highest BCUT2D eigenvalue weighted by Crippen LogP contribution is 2.30. The van der Waals surface area contributed by atoms with Gasteiger partial charge >= 0.3 is 0 Å². The molecule has 0 bridgehead atoms. The van der Waals surface area contributed by atoms with Crippen LogP contribution in [0.5, 0.6) is 0 Å². The molecule has 0 amide bonds. The van der Waals surface area contributed by atoms with Crippen LogP contribution in [0.2, 0.25) is 0 Å². The molecule has 1 aliphatic rings. The summed E-state index contributed by atoms with van der Waals surface area (Å²) in [4.78, 5) is 2.28. The zero-order valence-electron chi connectivity index (χ0n) is 10.2. The van der Waals surface area contributed by atoms with Gasteiger partial charge in [0, 0.05) is 36.0 Å². The van der Waals surface area contributed by atoms with Gasteiger partial charge in [0.2, 0.25) is 10.0 Å². The first-order valence-electron chi connectivity index (χ1n) is 5.65. The lowest BCUT2D eigenvalue weighted by molar-refractivity contribution is 0.597. The van der Waals surface area contributed by atoms with Crippen LogP contribution >= 0.6 is 11.8 Å². The Morgan fingerprint density at radius 3 is 2.44 bits per heavy atom. The van der Waals surface area contributed by atoms with Crippen LogP contribution in [0.3, 0.4) is 0 Å². The predicted octanol–water partition coefficient (Wildman–Crippen LogP) is 0.778. The minimum absolute atomic E-state index is 0.121. The number of anilines is 2. The maximum Gasteiger partial charge on any atom is 0.238 e. The molecule has 100 valence electrons. The summed E-state index contributed by atoms with van der Waals surface area (Å²) in [5.41, 5.74) is 7.76. The number of sulfonamides is 1. The SMILES string of the molecule is Cc1c(N2CCSCC2)cc(N)cc1S(N)(=O)=O. The van der Waals surface area contributed by atoms with E-state index < -0.39 is 10.0 Å². The molecule has 0 spiro atoms. The van der Waals surface area contributed by atoms with Gasteiger partial charge in [0.05, 0.1) is 4.90 Å². The van der Waals surface area contributed by atoms with Crippen LogP contribution in [0.1, 0.15) is 5.56 Å². The van der Waals surface area contributed by atoms with Gasteiger partial charge in [0.1, 0.15) is 0 Å². The number of nitrogens with zero attached hydrogens (tertiary/aromatic N) is 1. The second-order valence-corrected chi connectivity index (χ2v) is 7.06. The third-order valence-corrected chi connectivity index (χ3v) is 4.99.